The number of ether oxygens (including phenoxy) is 1. The van der Waals surface area contributed by atoms with Crippen molar-refractivity contribution in [2.24, 2.45) is 0 Å². The second kappa shape index (κ2) is 8.69. The first-order chi connectivity index (χ1) is 13.4. The molecule has 0 atom stereocenters. The maximum absolute atomic E-state index is 12.7. The van der Waals surface area contributed by atoms with E-state index in [1.54, 1.807) is 24.4 Å². The monoisotopic (exact) mass is 497 g/mol. The molecule has 0 aliphatic carbocycles. The van der Waals surface area contributed by atoms with Crippen LogP contribution in [0.15, 0.2) is 30.5 Å². The Morgan fingerprint density at radius 3 is 2.64 bits per heavy atom. The average Bonchev–Trinajstić information content (AvgIpc) is 2.68. The molecule has 148 valence electrons. The summed E-state index contributed by atoms with van der Waals surface area (Å²) >= 11 is 2.02. The molecule has 0 bridgehead atoms. The second-order valence-electron chi connectivity index (χ2n) is 6.38. The van der Waals surface area contributed by atoms with Gasteiger partial charge in [0, 0.05) is 47.7 Å². The fraction of sp³-hybridized carbons (Fsp3) is 0.333. The standard InChI is InChI=1S/C18H20IN5O4/c1-22-7-9-23(10-8-22)14-4-3-12(11-15(14)24(26)27)21-17(25)16-13(19)5-6-20-18(16)28-2/h3-6,11H,7-10H2,1-2H3,(H,21,25). The number of hydrogen-bond donors (Lipinski definition) is 1. The summed E-state index contributed by atoms with van der Waals surface area (Å²) in [6, 6.07) is 6.44. The van der Waals surface area contributed by atoms with E-state index in [9.17, 15) is 14.9 Å². The molecule has 0 radical (unpaired) electrons. The van der Waals surface area contributed by atoms with Gasteiger partial charge in [-0.3, -0.25) is 14.9 Å². The first kappa shape index (κ1) is 20.3. The molecule has 2 aromatic rings. The number of anilines is 2. The Morgan fingerprint density at radius 2 is 2.00 bits per heavy atom. The number of rotatable bonds is 5. The Morgan fingerprint density at radius 1 is 1.29 bits per heavy atom. The lowest BCUT2D eigenvalue weighted by Gasteiger charge is -2.33. The van der Waals surface area contributed by atoms with Crippen molar-refractivity contribution < 1.29 is 14.5 Å². The number of nitro groups is 1. The number of halogens is 1. The fourth-order valence-corrected chi connectivity index (χ4v) is 3.67. The molecule has 1 aromatic carbocycles. The molecule has 9 nitrogen and oxygen atoms in total. The van der Waals surface area contributed by atoms with E-state index in [1.807, 2.05) is 34.5 Å². The molecule has 2 heterocycles. The number of aromatic nitrogens is 1. The van der Waals surface area contributed by atoms with Crippen LogP contribution in [0.2, 0.25) is 0 Å². The number of piperazine rings is 1. The predicted molar refractivity (Wildman–Crippen MR) is 114 cm³/mol. The van der Waals surface area contributed by atoms with Gasteiger partial charge in [0.1, 0.15) is 11.3 Å². The summed E-state index contributed by atoms with van der Waals surface area (Å²) in [5.41, 5.74) is 1.16. The van der Waals surface area contributed by atoms with Crippen LogP contribution in [0.3, 0.4) is 0 Å². The maximum Gasteiger partial charge on any atom is 0.294 e. The van der Waals surface area contributed by atoms with Gasteiger partial charge in [-0.2, -0.15) is 0 Å². The van der Waals surface area contributed by atoms with Crippen LogP contribution >= 0.6 is 22.6 Å². The van der Waals surface area contributed by atoms with Crippen molar-refractivity contribution in [2.45, 2.75) is 0 Å². The molecule has 0 spiro atoms. The Labute approximate surface area is 176 Å². The Balaban J connectivity index is 1.87. The van der Waals surface area contributed by atoms with Crippen molar-refractivity contribution in [1.29, 1.82) is 0 Å². The number of likely N-dealkylation sites (N-methyl/N-ethyl adjacent to an activating group) is 1. The third kappa shape index (κ3) is 4.33. The molecule has 28 heavy (non-hydrogen) atoms. The molecule has 1 N–H and O–H groups in total. The molecule has 1 fully saturated rings. The number of nitrogens with zero attached hydrogens (tertiary/aromatic N) is 4. The van der Waals surface area contributed by atoms with E-state index in [4.69, 9.17) is 4.74 Å². The van der Waals surface area contributed by atoms with Gasteiger partial charge in [-0.15, -0.1) is 0 Å². The summed E-state index contributed by atoms with van der Waals surface area (Å²) in [7, 11) is 3.46. The summed E-state index contributed by atoms with van der Waals surface area (Å²) in [5, 5.41) is 14.3. The van der Waals surface area contributed by atoms with Crippen molar-refractivity contribution in [3.63, 3.8) is 0 Å². The topological polar surface area (TPSA) is 101 Å². The second-order valence-corrected chi connectivity index (χ2v) is 7.54. The zero-order chi connectivity index (χ0) is 20.3. The number of nitrogens with one attached hydrogen (secondary N) is 1. The number of amides is 1. The number of pyridine rings is 1. The lowest BCUT2D eigenvalue weighted by Crippen LogP contribution is -2.44. The number of nitro benzene ring substituents is 1. The highest BCUT2D eigenvalue weighted by Crippen LogP contribution is 2.32. The highest BCUT2D eigenvalue weighted by molar-refractivity contribution is 14.1. The van der Waals surface area contributed by atoms with Gasteiger partial charge in [0.25, 0.3) is 11.6 Å². The first-order valence-electron chi connectivity index (χ1n) is 8.62. The van der Waals surface area contributed by atoms with Gasteiger partial charge in [-0.1, -0.05) is 0 Å². The van der Waals surface area contributed by atoms with Crippen LogP contribution < -0.4 is 15.0 Å². The van der Waals surface area contributed by atoms with Crippen LogP contribution in [-0.2, 0) is 0 Å². The van der Waals surface area contributed by atoms with Crippen molar-refractivity contribution in [1.82, 2.24) is 9.88 Å². The third-order valence-electron chi connectivity index (χ3n) is 4.56. The minimum absolute atomic E-state index is 0.0322. The Bertz CT molecular complexity index is 900. The van der Waals surface area contributed by atoms with Gasteiger partial charge in [-0.05, 0) is 47.8 Å². The quantitative estimate of drug-likeness (QED) is 0.385. The summed E-state index contributed by atoms with van der Waals surface area (Å²) in [4.78, 5) is 32.1. The minimum atomic E-state index is -0.434. The minimum Gasteiger partial charge on any atom is -0.480 e. The largest absolute Gasteiger partial charge is 0.480 e. The first-order valence-corrected chi connectivity index (χ1v) is 9.70. The van der Waals surface area contributed by atoms with Crippen molar-refractivity contribution in [3.05, 3.63) is 49.7 Å². The van der Waals surface area contributed by atoms with Crippen LogP contribution in [0.4, 0.5) is 17.1 Å². The van der Waals surface area contributed by atoms with Gasteiger partial charge in [-0.25, -0.2) is 4.98 Å². The SMILES string of the molecule is COc1nccc(I)c1C(=O)Nc1ccc(N2CCN(C)CC2)c([N+](=O)[O-])c1. The van der Waals surface area contributed by atoms with Crippen LogP contribution in [0, 0.1) is 13.7 Å². The van der Waals surface area contributed by atoms with E-state index < -0.39 is 10.8 Å². The Hall–Kier alpha value is -2.47. The number of hydrogen-bond acceptors (Lipinski definition) is 7. The molecule has 10 heteroatoms. The van der Waals surface area contributed by atoms with Gasteiger partial charge in [0.15, 0.2) is 0 Å². The Kier molecular flexibility index (Phi) is 6.29. The molecule has 0 saturated carbocycles. The van der Waals surface area contributed by atoms with E-state index in [0.717, 1.165) is 13.1 Å². The third-order valence-corrected chi connectivity index (χ3v) is 5.46. The van der Waals surface area contributed by atoms with E-state index in [-0.39, 0.29) is 17.1 Å². The number of carbonyl (C=O) groups excluding carboxylic acids is 1. The van der Waals surface area contributed by atoms with Crippen LogP contribution in [0.25, 0.3) is 0 Å². The lowest BCUT2D eigenvalue weighted by molar-refractivity contribution is -0.384. The molecular formula is C18H20IN5O4. The normalized spacial score (nSPS) is 14.6. The lowest BCUT2D eigenvalue weighted by atomic mass is 10.2. The molecule has 1 amide bonds. The molecule has 1 aromatic heterocycles. The zero-order valence-corrected chi connectivity index (χ0v) is 17.7. The summed E-state index contributed by atoms with van der Waals surface area (Å²) in [6.45, 7) is 3.12. The summed E-state index contributed by atoms with van der Waals surface area (Å²) in [5.74, 6) is -0.232. The summed E-state index contributed by atoms with van der Waals surface area (Å²) < 4.78 is 5.83. The molecule has 3 rings (SSSR count). The van der Waals surface area contributed by atoms with Crippen molar-refractivity contribution in [2.75, 3.05) is 50.6 Å². The number of benzene rings is 1. The van der Waals surface area contributed by atoms with E-state index in [2.05, 4.69) is 15.2 Å². The highest BCUT2D eigenvalue weighted by Gasteiger charge is 2.24. The van der Waals surface area contributed by atoms with E-state index in [1.165, 1.54) is 13.2 Å². The maximum atomic E-state index is 12.7. The van der Waals surface area contributed by atoms with Gasteiger partial charge in [0.05, 0.1) is 12.0 Å². The smallest absolute Gasteiger partial charge is 0.294 e. The number of carbonyl (C=O) groups is 1. The van der Waals surface area contributed by atoms with Gasteiger partial charge in [0.2, 0.25) is 5.88 Å². The van der Waals surface area contributed by atoms with Crippen molar-refractivity contribution in [3.8, 4) is 5.88 Å². The number of methoxy groups -OCH3 is 1. The molecule has 1 aliphatic heterocycles. The van der Waals surface area contributed by atoms with Crippen molar-refractivity contribution >= 4 is 45.6 Å². The van der Waals surface area contributed by atoms with Crippen LogP contribution in [0.5, 0.6) is 5.88 Å². The summed E-state index contributed by atoms with van der Waals surface area (Å²) in [6.07, 6.45) is 1.55. The van der Waals surface area contributed by atoms with Gasteiger partial charge >= 0.3 is 0 Å². The zero-order valence-electron chi connectivity index (χ0n) is 15.5. The molecule has 1 saturated heterocycles. The highest BCUT2D eigenvalue weighted by atomic mass is 127. The van der Waals surface area contributed by atoms with Gasteiger partial charge < -0.3 is 19.9 Å². The average molecular weight is 497 g/mol. The van der Waals surface area contributed by atoms with Crippen LogP contribution in [-0.4, -0.2) is 61.1 Å². The molecule has 0 unspecified atom stereocenters. The van der Waals surface area contributed by atoms with Crippen LogP contribution in [0.1, 0.15) is 10.4 Å². The van der Waals surface area contributed by atoms with E-state index in [0.29, 0.717) is 28.0 Å². The molecular weight excluding hydrogens is 477 g/mol. The molecule has 1 aliphatic rings. The fourth-order valence-electron chi connectivity index (χ4n) is 3.04. The van der Waals surface area contributed by atoms with E-state index >= 15 is 0 Å². The predicted octanol–water partition coefficient (Wildman–Crippen LogP) is 2.61.